The summed E-state index contributed by atoms with van der Waals surface area (Å²) in [6.07, 6.45) is 0.446. The molecule has 1 aromatic carbocycles. The van der Waals surface area contributed by atoms with Gasteiger partial charge in [0.2, 0.25) is 23.6 Å². The molecular formula is C22H28N4O4. The van der Waals surface area contributed by atoms with Gasteiger partial charge in [0.05, 0.1) is 39.5 Å². The fourth-order valence-electron chi connectivity index (χ4n) is 4.30. The van der Waals surface area contributed by atoms with Crippen LogP contribution in [0, 0.1) is 5.41 Å². The van der Waals surface area contributed by atoms with Crippen LogP contribution >= 0.6 is 0 Å². The van der Waals surface area contributed by atoms with Gasteiger partial charge in [0.25, 0.3) is 0 Å². The van der Waals surface area contributed by atoms with E-state index in [2.05, 4.69) is 33.9 Å². The summed E-state index contributed by atoms with van der Waals surface area (Å²) in [6, 6.07) is 11.8. The summed E-state index contributed by atoms with van der Waals surface area (Å²) in [7, 11) is 3.13. The minimum atomic E-state index is -0.309. The van der Waals surface area contributed by atoms with E-state index in [9.17, 15) is 4.79 Å². The lowest BCUT2D eigenvalue weighted by Crippen LogP contribution is -2.41. The molecule has 4 rings (SSSR count). The van der Waals surface area contributed by atoms with Gasteiger partial charge in [0, 0.05) is 31.5 Å². The Balaban J connectivity index is 1.58. The molecule has 1 spiro atoms. The minimum absolute atomic E-state index is 0.0166. The Morgan fingerprint density at radius 2 is 1.80 bits per heavy atom. The van der Waals surface area contributed by atoms with E-state index in [1.54, 1.807) is 20.3 Å². The number of anilines is 1. The van der Waals surface area contributed by atoms with Crippen LogP contribution in [0.4, 0.5) is 5.95 Å². The minimum Gasteiger partial charge on any atom is -0.481 e. The van der Waals surface area contributed by atoms with Gasteiger partial charge in [0.15, 0.2) is 0 Å². The van der Waals surface area contributed by atoms with Gasteiger partial charge in [-0.25, -0.2) is 0 Å². The Labute approximate surface area is 176 Å². The molecule has 0 bridgehead atoms. The third-order valence-corrected chi connectivity index (χ3v) is 5.91. The second kappa shape index (κ2) is 8.47. The van der Waals surface area contributed by atoms with Crippen LogP contribution < -0.4 is 14.4 Å². The molecule has 1 amide bonds. The Hall–Kier alpha value is -2.87. The number of benzene rings is 1. The molecule has 0 radical (unpaired) electrons. The normalized spacial score (nSPS) is 22.8. The molecule has 30 heavy (non-hydrogen) atoms. The molecule has 2 atom stereocenters. The van der Waals surface area contributed by atoms with Gasteiger partial charge in [0.1, 0.15) is 0 Å². The van der Waals surface area contributed by atoms with Crippen molar-refractivity contribution in [3.63, 3.8) is 0 Å². The Kier molecular flexibility index (Phi) is 5.76. The Morgan fingerprint density at radius 3 is 2.47 bits per heavy atom. The maximum atomic E-state index is 13.0. The number of hydrogen-bond donors (Lipinski definition) is 0. The molecule has 160 valence electrons. The first kappa shape index (κ1) is 20.4. The number of ether oxygens (including phenoxy) is 3. The van der Waals surface area contributed by atoms with Crippen LogP contribution in [0.5, 0.6) is 11.8 Å². The summed E-state index contributed by atoms with van der Waals surface area (Å²) >= 11 is 0. The standard InChI is InChI=1S/C22H28N4O4/c1-16(17-7-5-4-6-8-17)26-14-22(12-20(26)27)13-25(9-10-30-15-22)21-23-18(28-2)11-19(24-21)29-3/h4-8,11,16H,9-10,12-15H2,1-3H3. The maximum Gasteiger partial charge on any atom is 0.232 e. The lowest BCUT2D eigenvalue weighted by atomic mass is 9.87. The predicted molar refractivity (Wildman–Crippen MR) is 112 cm³/mol. The van der Waals surface area contributed by atoms with Gasteiger partial charge in [-0.1, -0.05) is 30.3 Å². The zero-order chi connectivity index (χ0) is 21.1. The second-order valence-electron chi connectivity index (χ2n) is 8.01. The SMILES string of the molecule is COc1cc(OC)nc(N2CCOCC3(CC(=O)N(C(C)c4ccccc4)C3)C2)n1. The van der Waals surface area contributed by atoms with Crippen LogP contribution in [0.25, 0.3) is 0 Å². The fourth-order valence-corrected chi connectivity index (χ4v) is 4.30. The van der Waals surface area contributed by atoms with E-state index in [1.165, 1.54) is 0 Å². The number of hydrogen-bond acceptors (Lipinski definition) is 7. The average Bonchev–Trinajstić information content (AvgIpc) is 2.96. The summed E-state index contributed by atoms with van der Waals surface area (Å²) < 4.78 is 16.5. The summed E-state index contributed by atoms with van der Waals surface area (Å²) in [5.41, 5.74) is 0.825. The van der Waals surface area contributed by atoms with Gasteiger partial charge < -0.3 is 24.0 Å². The number of amides is 1. The van der Waals surface area contributed by atoms with Crippen molar-refractivity contribution in [1.82, 2.24) is 14.9 Å². The third kappa shape index (κ3) is 4.05. The zero-order valence-corrected chi connectivity index (χ0v) is 17.7. The predicted octanol–water partition coefficient (Wildman–Crippen LogP) is 2.31. The highest BCUT2D eigenvalue weighted by molar-refractivity contribution is 5.80. The number of aromatic nitrogens is 2. The van der Waals surface area contributed by atoms with Gasteiger partial charge in [-0.3, -0.25) is 4.79 Å². The molecular weight excluding hydrogens is 384 g/mol. The molecule has 8 heteroatoms. The van der Waals surface area contributed by atoms with Crippen LogP contribution in [0.2, 0.25) is 0 Å². The monoisotopic (exact) mass is 412 g/mol. The molecule has 2 saturated heterocycles. The van der Waals surface area contributed by atoms with Crippen molar-refractivity contribution in [2.45, 2.75) is 19.4 Å². The van der Waals surface area contributed by atoms with Crippen molar-refractivity contribution >= 4 is 11.9 Å². The molecule has 2 unspecified atom stereocenters. The first-order chi connectivity index (χ1) is 14.5. The third-order valence-electron chi connectivity index (χ3n) is 5.91. The highest BCUT2D eigenvalue weighted by Crippen LogP contribution is 2.39. The maximum absolute atomic E-state index is 13.0. The van der Waals surface area contributed by atoms with Crippen molar-refractivity contribution in [3.05, 3.63) is 42.0 Å². The van der Waals surface area contributed by atoms with E-state index in [4.69, 9.17) is 14.2 Å². The number of carbonyl (C=O) groups is 1. The van der Waals surface area contributed by atoms with E-state index in [-0.39, 0.29) is 17.4 Å². The van der Waals surface area contributed by atoms with Crippen molar-refractivity contribution in [2.75, 3.05) is 52.0 Å². The van der Waals surface area contributed by atoms with Crippen molar-refractivity contribution in [2.24, 2.45) is 5.41 Å². The molecule has 2 aliphatic heterocycles. The summed E-state index contributed by atoms with van der Waals surface area (Å²) in [5, 5.41) is 0. The quantitative estimate of drug-likeness (QED) is 0.746. The van der Waals surface area contributed by atoms with Crippen LogP contribution in [0.15, 0.2) is 36.4 Å². The molecule has 8 nitrogen and oxygen atoms in total. The van der Waals surface area contributed by atoms with Gasteiger partial charge in [-0.2, -0.15) is 9.97 Å². The van der Waals surface area contributed by atoms with E-state index in [1.807, 2.05) is 23.1 Å². The summed E-state index contributed by atoms with van der Waals surface area (Å²) in [5.74, 6) is 1.56. The van der Waals surface area contributed by atoms with Gasteiger partial charge in [-0.15, -0.1) is 0 Å². The highest BCUT2D eigenvalue weighted by atomic mass is 16.5. The van der Waals surface area contributed by atoms with E-state index in [0.717, 1.165) is 5.56 Å². The first-order valence-electron chi connectivity index (χ1n) is 10.2. The van der Waals surface area contributed by atoms with E-state index < -0.39 is 0 Å². The molecule has 2 fully saturated rings. The van der Waals surface area contributed by atoms with Crippen molar-refractivity contribution < 1.29 is 19.0 Å². The molecule has 2 aromatic rings. The van der Waals surface area contributed by atoms with Crippen LogP contribution in [0.3, 0.4) is 0 Å². The number of methoxy groups -OCH3 is 2. The lowest BCUT2D eigenvalue weighted by Gasteiger charge is -2.33. The van der Waals surface area contributed by atoms with Crippen LogP contribution in [0.1, 0.15) is 24.9 Å². The molecule has 0 N–H and O–H groups in total. The number of likely N-dealkylation sites (tertiary alicyclic amines) is 1. The summed E-state index contributed by atoms with van der Waals surface area (Å²) in [6.45, 7) is 5.08. The van der Waals surface area contributed by atoms with E-state index >= 15 is 0 Å². The smallest absolute Gasteiger partial charge is 0.232 e. The summed E-state index contributed by atoms with van der Waals surface area (Å²) in [4.78, 5) is 26.0. The fraction of sp³-hybridized carbons (Fsp3) is 0.500. The molecule has 3 heterocycles. The molecule has 1 aromatic heterocycles. The topological polar surface area (TPSA) is 77.0 Å². The van der Waals surface area contributed by atoms with Gasteiger partial charge >= 0.3 is 0 Å². The first-order valence-corrected chi connectivity index (χ1v) is 10.2. The van der Waals surface area contributed by atoms with Crippen molar-refractivity contribution in [1.29, 1.82) is 0 Å². The van der Waals surface area contributed by atoms with Crippen LogP contribution in [-0.4, -0.2) is 67.8 Å². The van der Waals surface area contributed by atoms with E-state index in [0.29, 0.717) is 57.0 Å². The average molecular weight is 412 g/mol. The zero-order valence-electron chi connectivity index (χ0n) is 17.7. The number of rotatable bonds is 5. The molecule has 2 aliphatic rings. The number of carbonyl (C=O) groups excluding carboxylic acids is 1. The lowest BCUT2D eigenvalue weighted by molar-refractivity contribution is -0.129. The van der Waals surface area contributed by atoms with Gasteiger partial charge in [-0.05, 0) is 12.5 Å². The molecule has 0 saturated carbocycles. The second-order valence-corrected chi connectivity index (χ2v) is 8.01. The highest BCUT2D eigenvalue weighted by Gasteiger charge is 2.47. The van der Waals surface area contributed by atoms with Crippen LogP contribution in [-0.2, 0) is 9.53 Å². The van der Waals surface area contributed by atoms with Crippen molar-refractivity contribution in [3.8, 4) is 11.8 Å². The molecule has 0 aliphatic carbocycles. The Bertz CT molecular complexity index is 872. The number of nitrogens with zero attached hydrogens (tertiary/aromatic N) is 4. The largest absolute Gasteiger partial charge is 0.481 e. The Morgan fingerprint density at radius 1 is 1.10 bits per heavy atom.